The number of likely N-dealkylation sites (tertiary alicyclic amines) is 1. The van der Waals surface area contributed by atoms with Crippen LogP contribution < -0.4 is 4.74 Å². The first-order valence-electron chi connectivity index (χ1n) is 7.83. The molecule has 7 heteroatoms. The monoisotopic (exact) mass is 339 g/mol. The number of hydrogen-bond donors (Lipinski definition) is 0. The second-order valence-corrected chi connectivity index (χ2v) is 5.78. The van der Waals surface area contributed by atoms with E-state index in [2.05, 4.69) is 4.98 Å². The standard InChI is InChI=1S/C18H17N3O4/c1-13-3-2-4-17(19-13)25-16-11-20(12-16)18(22)10-7-14-5-8-15(9-6-14)21(23)24/h2-10,16H,11-12H2,1H3/b10-7+. The van der Waals surface area contributed by atoms with Gasteiger partial charge in [0, 0.05) is 30.0 Å². The van der Waals surface area contributed by atoms with Crippen LogP contribution in [-0.4, -0.2) is 39.9 Å². The van der Waals surface area contributed by atoms with Gasteiger partial charge in [0.25, 0.3) is 5.69 Å². The van der Waals surface area contributed by atoms with Crippen LogP contribution in [0, 0.1) is 17.0 Å². The van der Waals surface area contributed by atoms with Crippen molar-refractivity contribution in [3.8, 4) is 5.88 Å². The lowest BCUT2D eigenvalue weighted by Gasteiger charge is -2.38. The molecule has 2 heterocycles. The van der Waals surface area contributed by atoms with Gasteiger partial charge in [-0.3, -0.25) is 14.9 Å². The number of aryl methyl sites for hydroxylation is 1. The van der Waals surface area contributed by atoms with Crippen molar-refractivity contribution >= 4 is 17.7 Å². The van der Waals surface area contributed by atoms with Crippen LogP contribution in [0.4, 0.5) is 5.69 Å². The summed E-state index contributed by atoms with van der Waals surface area (Å²) in [6, 6.07) is 11.6. The van der Waals surface area contributed by atoms with E-state index in [-0.39, 0.29) is 17.7 Å². The van der Waals surface area contributed by atoms with E-state index in [0.717, 1.165) is 11.3 Å². The molecule has 25 heavy (non-hydrogen) atoms. The molecule has 128 valence electrons. The van der Waals surface area contributed by atoms with Gasteiger partial charge in [-0.1, -0.05) is 6.07 Å². The van der Waals surface area contributed by atoms with Gasteiger partial charge in [0.1, 0.15) is 6.10 Å². The maximum atomic E-state index is 12.1. The Morgan fingerprint density at radius 2 is 2.00 bits per heavy atom. The SMILES string of the molecule is Cc1cccc(OC2CN(C(=O)/C=C/c3ccc([N+](=O)[O-])cc3)C2)n1. The van der Waals surface area contributed by atoms with Gasteiger partial charge >= 0.3 is 0 Å². The van der Waals surface area contributed by atoms with Crippen LogP contribution in [-0.2, 0) is 4.79 Å². The Morgan fingerprint density at radius 3 is 2.64 bits per heavy atom. The molecular formula is C18H17N3O4. The minimum absolute atomic E-state index is 0.0240. The fourth-order valence-electron chi connectivity index (χ4n) is 2.43. The predicted octanol–water partition coefficient (Wildman–Crippen LogP) is 2.60. The number of carbonyl (C=O) groups excluding carboxylic acids is 1. The van der Waals surface area contributed by atoms with Crippen molar-refractivity contribution in [2.24, 2.45) is 0 Å². The number of nitro benzene ring substituents is 1. The van der Waals surface area contributed by atoms with Gasteiger partial charge < -0.3 is 9.64 Å². The summed E-state index contributed by atoms with van der Waals surface area (Å²) in [7, 11) is 0. The van der Waals surface area contributed by atoms with E-state index in [9.17, 15) is 14.9 Å². The van der Waals surface area contributed by atoms with E-state index in [1.165, 1.54) is 18.2 Å². The van der Waals surface area contributed by atoms with Crippen LogP contribution >= 0.6 is 0 Å². The zero-order chi connectivity index (χ0) is 17.8. The lowest BCUT2D eigenvalue weighted by atomic mass is 10.1. The third-order valence-electron chi connectivity index (χ3n) is 3.83. The minimum Gasteiger partial charge on any atom is -0.471 e. The van der Waals surface area contributed by atoms with Crippen LogP contribution in [0.2, 0.25) is 0 Å². The molecule has 0 unspecified atom stereocenters. The van der Waals surface area contributed by atoms with Crippen molar-refractivity contribution < 1.29 is 14.5 Å². The van der Waals surface area contributed by atoms with E-state index in [0.29, 0.717) is 19.0 Å². The second-order valence-electron chi connectivity index (χ2n) is 5.78. The number of ether oxygens (including phenoxy) is 1. The van der Waals surface area contributed by atoms with Crippen LogP contribution in [0.5, 0.6) is 5.88 Å². The molecule has 1 aliphatic rings. The number of aromatic nitrogens is 1. The molecule has 3 rings (SSSR count). The molecular weight excluding hydrogens is 322 g/mol. The van der Waals surface area contributed by atoms with Gasteiger partial charge in [0.15, 0.2) is 0 Å². The summed E-state index contributed by atoms with van der Waals surface area (Å²) in [5, 5.41) is 10.6. The first kappa shape index (κ1) is 16.6. The lowest BCUT2D eigenvalue weighted by Crippen LogP contribution is -2.55. The number of carbonyl (C=O) groups is 1. The summed E-state index contributed by atoms with van der Waals surface area (Å²) in [4.78, 5) is 28.2. The number of hydrogen-bond acceptors (Lipinski definition) is 5. The average molecular weight is 339 g/mol. The van der Waals surface area contributed by atoms with Crippen LogP contribution in [0.25, 0.3) is 6.08 Å². The highest BCUT2D eigenvalue weighted by Gasteiger charge is 2.31. The van der Waals surface area contributed by atoms with E-state index >= 15 is 0 Å². The Morgan fingerprint density at radius 1 is 1.28 bits per heavy atom. The van der Waals surface area contributed by atoms with Gasteiger partial charge in [0.2, 0.25) is 11.8 Å². The van der Waals surface area contributed by atoms with Gasteiger partial charge in [-0.2, -0.15) is 0 Å². The summed E-state index contributed by atoms with van der Waals surface area (Å²) >= 11 is 0. The number of benzene rings is 1. The van der Waals surface area contributed by atoms with Crippen molar-refractivity contribution in [1.29, 1.82) is 0 Å². The van der Waals surface area contributed by atoms with Crippen LogP contribution in [0.3, 0.4) is 0 Å². The van der Waals surface area contributed by atoms with E-state index in [1.807, 2.05) is 19.1 Å². The Balaban J connectivity index is 1.49. The highest BCUT2D eigenvalue weighted by Crippen LogP contribution is 2.17. The molecule has 1 aromatic carbocycles. The molecule has 1 saturated heterocycles. The smallest absolute Gasteiger partial charge is 0.269 e. The Hall–Kier alpha value is -3.22. The molecule has 0 N–H and O–H groups in total. The van der Waals surface area contributed by atoms with Crippen molar-refractivity contribution in [2.45, 2.75) is 13.0 Å². The van der Waals surface area contributed by atoms with Gasteiger partial charge in [-0.25, -0.2) is 4.98 Å². The maximum absolute atomic E-state index is 12.1. The van der Waals surface area contributed by atoms with Gasteiger partial charge in [-0.05, 0) is 36.8 Å². The number of rotatable bonds is 5. The first-order valence-corrected chi connectivity index (χ1v) is 7.83. The van der Waals surface area contributed by atoms with Crippen molar-refractivity contribution in [2.75, 3.05) is 13.1 Å². The summed E-state index contributed by atoms with van der Waals surface area (Å²) in [6.45, 7) is 2.92. The first-order chi connectivity index (χ1) is 12.0. The molecule has 1 amide bonds. The Bertz CT molecular complexity index is 811. The quantitative estimate of drug-likeness (QED) is 0.475. The van der Waals surface area contributed by atoms with Gasteiger partial charge in [0.05, 0.1) is 18.0 Å². The number of nitrogens with zero attached hydrogens (tertiary/aromatic N) is 3. The molecule has 0 radical (unpaired) electrons. The van der Waals surface area contributed by atoms with Crippen molar-refractivity contribution in [1.82, 2.24) is 9.88 Å². The third kappa shape index (κ3) is 4.20. The average Bonchev–Trinajstić information content (AvgIpc) is 2.56. The number of non-ortho nitro benzene ring substituents is 1. The highest BCUT2D eigenvalue weighted by molar-refractivity contribution is 5.92. The van der Waals surface area contributed by atoms with E-state index < -0.39 is 4.92 Å². The fraction of sp³-hybridized carbons (Fsp3) is 0.222. The second kappa shape index (κ2) is 7.12. The molecule has 1 aliphatic heterocycles. The zero-order valence-electron chi connectivity index (χ0n) is 13.7. The predicted molar refractivity (Wildman–Crippen MR) is 92.1 cm³/mol. The minimum atomic E-state index is -0.456. The molecule has 0 spiro atoms. The van der Waals surface area contributed by atoms with E-state index in [1.54, 1.807) is 29.2 Å². The maximum Gasteiger partial charge on any atom is 0.269 e. The summed E-state index contributed by atoms with van der Waals surface area (Å²) in [5.74, 6) is 0.453. The van der Waals surface area contributed by atoms with Crippen LogP contribution in [0.1, 0.15) is 11.3 Å². The Kier molecular flexibility index (Phi) is 4.74. The normalized spacial score (nSPS) is 14.4. The molecule has 0 atom stereocenters. The molecule has 7 nitrogen and oxygen atoms in total. The number of nitro groups is 1. The molecule has 0 saturated carbocycles. The van der Waals surface area contributed by atoms with Crippen LogP contribution in [0.15, 0.2) is 48.5 Å². The topological polar surface area (TPSA) is 85.6 Å². The lowest BCUT2D eigenvalue weighted by molar-refractivity contribution is -0.384. The summed E-state index contributed by atoms with van der Waals surface area (Å²) < 4.78 is 5.72. The molecule has 1 fully saturated rings. The summed E-state index contributed by atoms with van der Waals surface area (Å²) in [5.41, 5.74) is 1.64. The molecule has 2 aromatic rings. The third-order valence-corrected chi connectivity index (χ3v) is 3.83. The number of pyridine rings is 1. The molecule has 0 bridgehead atoms. The number of amides is 1. The van der Waals surface area contributed by atoms with E-state index in [4.69, 9.17) is 4.74 Å². The molecule has 1 aromatic heterocycles. The molecule has 0 aliphatic carbocycles. The van der Waals surface area contributed by atoms with Crippen molar-refractivity contribution in [3.63, 3.8) is 0 Å². The summed E-state index contributed by atoms with van der Waals surface area (Å²) in [6.07, 6.45) is 3.05. The highest BCUT2D eigenvalue weighted by atomic mass is 16.6. The zero-order valence-corrected chi connectivity index (χ0v) is 13.7. The fourth-order valence-corrected chi connectivity index (χ4v) is 2.43. The van der Waals surface area contributed by atoms with Gasteiger partial charge in [-0.15, -0.1) is 0 Å². The largest absolute Gasteiger partial charge is 0.471 e. The Labute approximate surface area is 144 Å². The van der Waals surface area contributed by atoms with Crippen molar-refractivity contribution in [3.05, 3.63) is 69.9 Å².